The van der Waals surface area contributed by atoms with Crippen LogP contribution in [0.3, 0.4) is 0 Å². The minimum absolute atomic E-state index is 0.0132. The van der Waals surface area contributed by atoms with E-state index < -0.39 is 35.0 Å². The SMILES string of the molecule is O=C(C=Cn1cnc(-c2cc(C(F)(F)F)cc(C(F)(F)F)c2)n1)NNc1ccccn1. The molecule has 3 rings (SSSR count). The van der Waals surface area contributed by atoms with Crippen LogP contribution in [0, 0.1) is 0 Å². The maximum Gasteiger partial charge on any atom is 0.416 e. The Kier molecular flexibility index (Phi) is 5.95. The molecule has 13 heteroatoms. The van der Waals surface area contributed by atoms with Crippen LogP contribution in [0.25, 0.3) is 17.6 Å². The van der Waals surface area contributed by atoms with Gasteiger partial charge in [-0.2, -0.15) is 26.3 Å². The van der Waals surface area contributed by atoms with Gasteiger partial charge in [-0.15, -0.1) is 5.10 Å². The molecule has 0 aliphatic rings. The second-order valence-electron chi connectivity index (χ2n) is 5.99. The molecule has 31 heavy (non-hydrogen) atoms. The Balaban J connectivity index is 1.77. The smallest absolute Gasteiger partial charge is 0.282 e. The molecule has 0 radical (unpaired) electrons. The normalized spacial score (nSPS) is 12.2. The Labute approximate surface area is 170 Å². The van der Waals surface area contributed by atoms with Gasteiger partial charge in [0.05, 0.1) is 11.1 Å². The van der Waals surface area contributed by atoms with Gasteiger partial charge in [-0.25, -0.2) is 14.6 Å². The number of nitrogens with zero attached hydrogens (tertiary/aromatic N) is 4. The van der Waals surface area contributed by atoms with Gasteiger partial charge in [-0.1, -0.05) is 6.07 Å². The number of pyridine rings is 1. The van der Waals surface area contributed by atoms with Crippen molar-refractivity contribution in [3.63, 3.8) is 0 Å². The van der Waals surface area contributed by atoms with E-state index in [1.807, 2.05) is 0 Å². The zero-order valence-corrected chi connectivity index (χ0v) is 15.2. The van der Waals surface area contributed by atoms with E-state index >= 15 is 0 Å². The number of hydrazine groups is 1. The Hall–Kier alpha value is -3.90. The van der Waals surface area contributed by atoms with Gasteiger partial charge in [-0.05, 0) is 30.3 Å². The average Bonchev–Trinajstić information content (AvgIpc) is 3.19. The van der Waals surface area contributed by atoms with Gasteiger partial charge in [0.2, 0.25) is 0 Å². The van der Waals surface area contributed by atoms with Crippen molar-refractivity contribution in [2.75, 3.05) is 5.43 Å². The summed E-state index contributed by atoms with van der Waals surface area (Å²) in [5.74, 6) is -0.633. The standard InChI is InChI=1S/C18H12F6N6O/c19-17(20,21)12-7-11(8-13(9-12)18(22,23)24)16-26-10-30(29-16)6-4-15(31)28-27-14-3-1-2-5-25-14/h1-10H,(H,25,27)(H,28,31). The van der Waals surface area contributed by atoms with Crippen molar-refractivity contribution in [3.05, 3.63) is 66.1 Å². The fourth-order valence-corrected chi connectivity index (χ4v) is 2.31. The van der Waals surface area contributed by atoms with E-state index in [-0.39, 0.29) is 11.9 Å². The van der Waals surface area contributed by atoms with Crippen LogP contribution in [-0.2, 0) is 17.1 Å². The number of anilines is 1. The predicted molar refractivity (Wildman–Crippen MR) is 96.8 cm³/mol. The van der Waals surface area contributed by atoms with E-state index in [1.54, 1.807) is 18.2 Å². The maximum atomic E-state index is 13.0. The minimum atomic E-state index is -4.99. The summed E-state index contributed by atoms with van der Waals surface area (Å²) in [6.07, 6.45) is -5.32. The van der Waals surface area contributed by atoms with Crippen LogP contribution < -0.4 is 10.9 Å². The van der Waals surface area contributed by atoms with Gasteiger partial charge in [0.25, 0.3) is 5.91 Å². The van der Waals surface area contributed by atoms with Gasteiger partial charge in [0.15, 0.2) is 5.82 Å². The molecule has 1 aromatic carbocycles. The van der Waals surface area contributed by atoms with E-state index in [9.17, 15) is 31.1 Å². The van der Waals surface area contributed by atoms with E-state index in [2.05, 4.69) is 25.9 Å². The molecule has 0 saturated heterocycles. The summed E-state index contributed by atoms with van der Waals surface area (Å²) < 4.78 is 78.9. The van der Waals surface area contributed by atoms with Crippen molar-refractivity contribution in [3.8, 4) is 11.4 Å². The lowest BCUT2D eigenvalue weighted by molar-refractivity contribution is -0.143. The number of carbonyl (C=O) groups excluding carboxylic acids is 1. The number of rotatable bonds is 5. The number of benzene rings is 1. The Morgan fingerprint density at radius 2 is 1.65 bits per heavy atom. The highest BCUT2D eigenvalue weighted by Crippen LogP contribution is 2.38. The molecule has 2 N–H and O–H groups in total. The first-order valence-electron chi connectivity index (χ1n) is 8.38. The van der Waals surface area contributed by atoms with Crippen LogP contribution in [0.15, 0.2) is 55.0 Å². The van der Waals surface area contributed by atoms with Crippen LogP contribution in [0.2, 0.25) is 0 Å². The lowest BCUT2D eigenvalue weighted by Gasteiger charge is -2.13. The third kappa shape index (κ3) is 5.81. The number of amides is 1. The molecule has 0 spiro atoms. The molecule has 2 aromatic heterocycles. The molecule has 0 saturated carbocycles. The molecule has 7 nitrogen and oxygen atoms in total. The molecule has 1 amide bonds. The molecular formula is C18H12F6N6O. The zero-order valence-electron chi connectivity index (χ0n) is 15.2. The van der Waals surface area contributed by atoms with Gasteiger partial charge in [0.1, 0.15) is 12.1 Å². The topological polar surface area (TPSA) is 84.7 Å². The molecule has 0 bridgehead atoms. The summed E-state index contributed by atoms with van der Waals surface area (Å²) in [7, 11) is 0. The number of carbonyl (C=O) groups is 1. The summed E-state index contributed by atoms with van der Waals surface area (Å²) in [6.45, 7) is 0. The number of hydrogen-bond donors (Lipinski definition) is 2. The third-order valence-electron chi connectivity index (χ3n) is 3.71. The number of halogens is 6. The number of aromatic nitrogens is 4. The number of nitrogens with one attached hydrogen (secondary N) is 2. The van der Waals surface area contributed by atoms with Crippen molar-refractivity contribution >= 4 is 17.9 Å². The Morgan fingerprint density at radius 1 is 0.968 bits per heavy atom. The second-order valence-corrected chi connectivity index (χ2v) is 5.99. The van der Waals surface area contributed by atoms with Gasteiger partial charge in [-0.3, -0.25) is 15.6 Å². The molecule has 0 atom stereocenters. The third-order valence-corrected chi connectivity index (χ3v) is 3.71. The van der Waals surface area contributed by atoms with Gasteiger partial charge in [0, 0.05) is 24.0 Å². The highest BCUT2D eigenvalue weighted by molar-refractivity contribution is 5.90. The van der Waals surface area contributed by atoms with Crippen LogP contribution in [0.4, 0.5) is 32.2 Å². The summed E-state index contributed by atoms with van der Waals surface area (Å²) in [5.41, 5.74) is 1.40. The van der Waals surface area contributed by atoms with Crippen molar-refractivity contribution in [2.45, 2.75) is 12.4 Å². The first kappa shape index (κ1) is 21.8. The maximum absolute atomic E-state index is 13.0. The van der Waals surface area contributed by atoms with Crippen molar-refractivity contribution < 1.29 is 31.1 Å². The predicted octanol–water partition coefficient (Wildman–Crippen LogP) is 3.99. The summed E-state index contributed by atoms with van der Waals surface area (Å²) >= 11 is 0. The molecule has 0 aliphatic heterocycles. The van der Waals surface area contributed by atoms with E-state index in [0.29, 0.717) is 18.0 Å². The second kappa shape index (κ2) is 8.45. The van der Waals surface area contributed by atoms with Crippen molar-refractivity contribution in [1.82, 2.24) is 25.2 Å². The molecule has 162 valence electrons. The fraction of sp³-hybridized carbons (Fsp3) is 0.111. The molecule has 2 heterocycles. The average molecular weight is 442 g/mol. The Morgan fingerprint density at radius 3 is 2.23 bits per heavy atom. The van der Waals surface area contributed by atoms with Crippen molar-refractivity contribution in [1.29, 1.82) is 0 Å². The van der Waals surface area contributed by atoms with Gasteiger partial charge >= 0.3 is 12.4 Å². The fourth-order valence-electron chi connectivity index (χ4n) is 2.31. The molecule has 3 aromatic rings. The molecule has 0 aliphatic carbocycles. The quantitative estimate of drug-likeness (QED) is 0.355. The van der Waals surface area contributed by atoms with E-state index in [0.717, 1.165) is 23.3 Å². The van der Waals surface area contributed by atoms with Crippen LogP contribution in [0.5, 0.6) is 0 Å². The largest absolute Gasteiger partial charge is 0.416 e. The van der Waals surface area contributed by atoms with E-state index in [1.165, 1.54) is 6.20 Å². The summed E-state index contributed by atoms with van der Waals surface area (Å²) in [6, 6.07) is 6.00. The lowest BCUT2D eigenvalue weighted by atomic mass is 10.0. The first-order chi connectivity index (χ1) is 14.5. The zero-order chi connectivity index (χ0) is 22.6. The summed E-state index contributed by atoms with van der Waals surface area (Å²) in [5, 5.41) is 3.79. The highest BCUT2D eigenvalue weighted by atomic mass is 19.4. The Bertz CT molecular complexity index is 1060. The molecule has 0 unspecified atom stereocenters. The van der Waals surface area contributed by atoms with Crippen LogP contribution in [-0.4, -0.2) is 25.7 Å². The van der Waals surface area contributed by atoms with Crippen LogP contribution >= 0.6 is 0 Å². The summed E-state index contributed by atoms with van der Waals surface area (Å²) in [4.78, 5) is 19.4. The minimum Gasteiger partial charge on any atom is -0.282 e. The molecule has 0 fully saturated rings. The van der Waals surface area contributed by atoms with Gasteiger partial charge < -0.3 is 0 Å². The highest BCUT2D eigenvalue weighted by Gasteiger charge is 2.37. The molecular weight excluding hydrogens is 430 g/mol. The van der Waals surface area contributed by atoms with Crippen LogP contribution in [0.1, 0.15) is 11.1 Å². The lowest BCUT2D eigenvalue weighted by Crippen LogP contribution is -2.28. The monoisotopic (exact) mass is 442 g/mol. The number of hydrogen-bond acceptors (Lipinski definition) is 5. The van der Waals surface area contributed by atoms with E-state index in [4.69, 9.17) is 0 Å². The first-order valence-corrected chi connectivity index (χ1v) is 8.38. The van der Waals surface area contributed by atoms with Crippen molar-refractivity contribution in [2.24, 2.45) is 0 Å². The number of alkyl halides is 6.